The molecule has 0 unspecified atom stereocenters. The fourth-order valence-electron chi connectivity index (χ4n) is 5.89. The van der Waals surface area contributed by atoms with Crippen molar-refractivity contribution in [1.82, 2.24) is 19.5 Å². The van der Waals surface area contributed by atoms with E-state index in [4.69, 9.17) is 14.7 Å². The van der Waals surface area contributed by atoms with Crippen LogP contribution < -0.4 is 4.74 Å². The molecule has 0 atom stereocenters. The molecule has 8 rings (SSSR count). The molecule has 0 spiro atoms. The highest BCUT2D eigenvalue weighted by molar-refractivity contribution is 7.26. The van der Waals surface area contributed by atoms with Crippen molar-refractivity contribution in [3.8, 4) is 28.7 Å². The van der Waals surface area contributed by atoms with Crippen LogP contribution in [0.1, 0.15) is 31.0 Å². The summed E-state index contributed by atoms with van der Waals surface area (Å²) in [4.78, 5) is 15.6. The van der Waals surface area contributed by atoms with Crippen LogP contribution in [0.3, 0.4) is 0 Å². The smallest absolute Gasteiger partial charge is 0.220 e. The number of aryl methyl sites for hydroxylation is 1. The first-order valence-corrected chi connectivity index (χ1v) is 15.3. The van der Waals surface area contributed by atoms with Crippen LogP contribution in [-0.4, -0.2) is 19.5 Å². The first-order valence-electron chi connectivity index (χ1n) is 14.5. The quantitative estimate of drug-likeness (QED) is 0.205. The minimum Gasteiger partial charge on any atom is -0.439 e. The minimum absolute atomic E-state index is 0.309. The molecule has 5 heterocycles. The Bertz CT molecular complexity index is 2320. The van der Waals surface area contributed by atoms with Crippen molar-refractivity contribution in [2.45, 2.75) is 26.7 Å². The molecule has 0 bridgehead atoms. The van der Waals surface area contributed by atoms with Crippen LogP contribution in [0.5, 0.6) is 11.6 Å². The number of hydrogen-bond acceptors (Lipinski definition) is 5. The number of aromatic nitrogens is 4. The average Bonchev–Trinajstić information content (AvgIpc) is 3.56. The van der Waals surface area contributed by atoms with Gasteiger partial charge < -0.3 is 4.74 Å². The molecule has 0 saturated carbocycles. The van der Waals surface area contributed by atoms with E-state index in [-0.39, 0.29) is 0 Å². The lowest BCUT2D eigenvalue weighted by atomic mass is 10.0. The van der Waals surface area contributed by atoms with Gasteiger partial charge in [0.1, 0.15) is 16.4 Å². The number of hydrogen-bond donors (Lipinski definition) is 0. The topological polar surface area (TPSA) is 52.8 Å². The Kier molecular flexibility index (Phi) is 5.98. The Balaban J connectivity index is 1.27. The van der Waals surface area contributed by atoms with Crippen LogP contribution in [0.4, 0.5) is 0 Å². The van der Waals surface area contributed by atoms with E-state index in [9.17, 15) is 0 Å². The summed E-state index contributed by atoms with van der Waals surface area (Å²) in [5.74, 6) is 2.48. The summed E-state index contributed by atoms with van der Waals surface area (Å²) < 4.78 is 9.94. The summed E-state index contributed by atoms with van der Waals surface area (Å²) in [6.07, 6.45) is 1.83. The van der Waals surface area contributed by atoms with E-state index in [2.05, 4.69) is 102 Å². The number of ether oxygens (including phenoxy) is 1. The Morgan fingerprint density at radius 2 is 1.53 bits per heavy atom. The first kappa shape index (κ1) is 25.6. The van der Waals surface area contributed by atoms with Gasteiger partial charge in [-0.25, -0.2) is 15.0 Å². The Hall–Kier alpha value is -5.07. The Morgan fingerprint density at radius 1 is 0.721 bits per heavy atom. The molecule has 0 aliphatic heterocycles. The summed E-state index contributed by atoms with van der Waals surface area (Å²) in [6.45, 7) is 6.44. The van der Waals surface area contributed by atoms with E-state index in [1.54, 1.807) is 11.3 Å². The predicted octanol–water partition coefficient (Wildman–Crippen LogP) is 10.2. The highest BCUT2D eigenvalue weighted by atomic mass is 32.1. The van der Waals surface area contributed by atoms with E-state index in [1.807, 2.05) is 37.4 Å². The third-order valence-electron chi connectivity index (χ3n) is 8.02. The van der Waals surface area contributed by atoms with Gasteiger partial charge in [-0.15, -0.1) is 11.3 Å². The first-order chi connectivity index (χ1) is 21.0. The van der Waals surface area contributed by atoms with Crippen molar-refractivity contribution in [3.63, 3.8) is 0 Å². The number of pyridine rings is 3. The third kappa shape index (κ3) is 4.34. The molecule has 5 aromatic heterocycles. The van der Waals surface area contributed by atoms with Crippen molar-refractivity contribution in [2.24, 2.45) is 0 Å². The summed E-state index contributed by atoms with van der Waals surface area (Å²) >= 11 is 1.72. The molecule has 0 N–H and O–H groups in total. The third-order valence-corrected chi connectivity index (χ3v) is 9.16. The van der Waals surface area contributed by atoms with Crippen molar-refractivity contribution >= 4 is 53.4 Å². The number of para-hydroxylation sites is 1. The molecule has 6 heteroatoms. The number of benzene rings is 3. The van der Waals surface area contributed by atoms with Gasteiger partial charge >= 0.3 is 0 Å². The van der Waals surface area contributed by atoms with Gasteiger partial charge in [0.15, 0.2) is 0 Å². The molecule has 3 aromatic carbocycles. The van der Waals surface area contributed by atoms with E-state index in [0.717, 1.165) is 49.8 Å². The fourth-order valence-corrected chi connectivity index (χ4v) is 7.13. The van der Waals surface area contributed by atoms with Gasteiger partial charge in [0, 0.05) is 55.8 Å². The van der Waals surface area contributed by atoms with Crippen molar-refractivity contribution in [2.75, 3.05) is 0 Å². The zero-order chi connectivity index (χ0) is 29.1. The molecular formula is C37H28N4OS. The maximum absolute atomic E-state index is 6.56. The lowest BCUT2D eigenvalue weighted by Gasteiger charge is -2.13. The molecule has 0 saturated heterocycles. The molecule has 208 valence electrons. The van der Waals surface area contributed by atoms with Crippen molar-refractivity contribution < 1.29 is 4.74 Å². The van der Waals surface area contributed by atoms with Crippen LogP contribution in [0, 0.1) is 6.92 Å². The zero-order valence-electron chi connectivity index (χ0n) is 24.1. The largest absolute Gasteiger partial charge is 0.439 e. The van der Waals surface area contributed by atoms with Gasteiger partial charge in [-0.1, -0.05) is 56.3 Å². The van der Waals surface area contributed by atoms with E-state index >= 15 is 0 Å². The number of fused-ring (bicyclic) bond motifs is 6. The molecule has 0 amide bonds. The highest BCUT2D eigenvalue weighted by Gasteiger charge is 2.17. The van der Waals surface area contributed by atoms with Gasteiger partial charge in [0.05, 0.1) is 16.7 Å². The summed E-state index contributed by atoms with van der Waals surface area (Å²) in [5.41, 5.74) is 6.34. The lowest BCUT2D eigenvalue weighted by molar-refractivity contribution is 0.463. The Labute approximate surface area is 253 Å². The van der Waals surface area contributed by atoms with Gasteiger partial charge in [0.2, 0.25) is 5.88 Å². The maximum atomic E-state index is 6.56. The van der Waals surface area contributed by atoms with E-state index in [0.29, 0.717) is 11.8 Å². The SMILES string of the molecule is Cc1ccc2c(n1)sc1c(-c3cc(C(C)C)cc(Oc4ccc5c6ccccc6n(-c6ccccn6)c5c4)n3)cccc12. The normalized spacial score (nSPS) is 11.8. The number of rotatable bonds is 5. The molecule has 8 aromatic rings. The molecule has 0 radical (unpaired) electrons. The number of thiophene rings is 1. The van der Waals surface area contributed by atoms with Gasteiger partial charge in [-0.3, -0.25) is 4.57 Å². The lowest BCUT2D eigenvalue weighted by Crippen LogP contribution is -1.97. The van der Waals surface area contributed by atoms with Crippen LogP contribution in [0.2, 0.25) is 0 Å². The average molecular weight is 577 g/mol. The van der Waals surface area contributed by atoms with Crippen LogP contribution in [-0.2, 0) is 0 Å². The van der Waals surface area contributed by atoms with Gasteiger partial charge in [0.25, 0.3) is 0 Å². The zero-order valence-corrected chi connectivity index (χ0v) is 24.9. The second-order valence-corrected chi connectivity index (χ2v) is 12.2. The predicted molar refractivity (Wildman–Crippen MR) is 178 cm³/mol. The van der Waals surface area contributed by atoms with Crippen molar-refractivity contribution in [3.05, 3.63) is 121 Å². The molecule has 5 nitrogen and oxygen atoms in total. The Morgan fingerprint density at radius 3 is 2.40 bits per heavy atom. The molecule has 43 heavy (non-hydrogen) atoms. The van der Waals surface area contributed by atoms with E-state index in [1.165, 1.54) is 26.4 Å². The second-order valence-electron chi connectivity index (χ2n) is 11.2. The monoisotopic (exact) mass is 576 g/mol. The van der Waals surface area contributed by atoms with Crippen LogP contribution in [0.15, 0.2) is 109 Å². The minimum atomic E-state index is 0.309. The summed E-state index contributed by atoms with van der Waals surface area (Å²) in [6, 6.07) is 35.6. The van der Waals surface area contributed by atoms with Crippen LogP contribution >= 0.6 is 11.3 Å². The van der Waals surface area contributed by atoms with Gasteiger partial charge in [-0.05, 0) is 66.9 Å². The highest BCUT2D eigenvalue weighted by Crippen LogP contribution is 2.40. The molecule has 0 aliphatic rings. The summed E-state index contributed by atoms with van der Waals surface area (Å²) in [7, 11) is 0. The molecule has 0 fully saturated rings. The molecular weight excluding hydrogens is 549 g/mol. The number of nitrogens with zero attached hydrogens (tertiary/aromatic N) is 4. The van der Waals surface area contributed by atoms with E-state index < -0.39 is 0 Å². The van der Waals surface area contributed by atoms with Gasteiger partial charge in [-0.2, -0.15) is 0 Å². The second kappa shape index (κ2) is 10.0. The van der Waals surface area contributed by atoms with Crippen LogP contribution in [0.25, 0.3) is 59.2 Å². The standard InChI is InChI=1S/C37H28N4OS/c1-22(2)24-19-31(30-11-8-10-28-29-16-14-23(3)39-37(29)43-36(28)30)40-35(20-24)42-25-15-17-27-26-9-4-5-12-32(26)41(33(27)21-25)34-13-6-7-18-38-34/h4-22H,1-3H3. The fraction of sp³-hybridized carbons (Fsp3) is 0.108. The molecule has 0 aliphatic carbocycles. The summed E-state index contributed by atoms with van der Waals surface area (Å²) in [5, 5.41) is 4.72. The maximum Gasteiger partial charge on any atom is 0.220 e. The van der Waals surface area contributed by atoms with Crippen molar-refractivity contribution in [1.29, 1.82) is 0 Å².